The molecule has 1 aromatic carbocycles. The normalized spacial score (nSPS) is 17.5. The van der Waals surface area contributed by atoms with Crippen LogP contribution in [0.5, 0.6) is 0 Å². The predicted molar refractivity (Wildman–Crippen MR) is 65.3 cm³/mol. The lowest BCUT2D eigenvalue weighted by molar-refractivity contribution is -0.115. The number of aliphatic imine (C=N–C) groups is 1. The first kappa shape index (κ1) is 10.9. The minimum atomic E-state index is -0.156. The number of carbonyl (C=O) groups is 1. The van der Waals surface area contributed by atoms with Crippen LogP contribution in [0.1, 0.15) is 18.9 Å². The standard InChI is InChI=1S/C12H11ClN2O/c1-2-11-14-10(12(16)15-11)7-8-4-3-5-9(13)6-8/h3-7H,2H2,1H3,(H,14,15,16)/b10-7+. The van der Waals surface area contributed by atoms with Crippen molar-refractivity contribution in [1.82, 2.24) is 5.32 Å². The smallest absolute Gasteiger partial charge is 0.275 e. The summed E-state index contributed by atoms with van der Waals surface area (Å²) in [6.45, 7) is 1.95. The monoisotopic (exact) mass is 234 g/mol. The lowest BCUT2D eigenvalue weighted by atomic mass is 10.2. The van der Waals surface area contributed by atoms with Gasteiger partial charge in [0.1, 0.15) is 11.5 Å². The van der Waals surface area contributed by atoms with Crippen LogP contribution in [-0.4, -0.2) is 11.7 Å². The van der Waals surface area contributed by atoms with Crippen molar-refractivity contribution in [3.8, 4) is 0 Å². The van der Waals surface area contributed by atoms with E-state index in [4.69, 9.17) is 11.6 Å². The SMILES string of the molecule is CCC1=N/C(=C/c2cccc(Cl)c2)C(=O)N1. The third-order valence-electron chi connectivity index (χ3n) is 2.23. The summed E-state index contributed by atoms with van der Waals surface area (Å²) in [4.78, 5) is 15.7. The Balaban J connectivity index is 2.31. The highest BCUT2D eigenvalue weighted by atomic mass is 35.5. The van der Waals surface area contributed by atoms with Gasteiger partial charge in [0.05, 0.1) is 0 Å². The van der Waals surface area contributed by atoms with Crippen LogP contribution in [0.3, 0.4) is 0 Å². The number of halogens is 1. The topological polar surface area (TPSA) is 41.5 Å². The number of nitrogens with zero attached hydrogens (tertiary/aromatic N) is 1. The quantitative estimate of drug-likeness (QED) is 0.786. The Labute approximate surface area is 98.8 Å². The molecule has 0 saturated carbocycles. The van der Waals surface area contributed by atoms with Gasteiger partial charge < -0.3 is 5.32 Å². The van der Waals surface area contributed by atoms with E-state index in [1.165, 1.54) is 0 Å². The molecule has 0 atom stereocenters. The molecule has 1 heterocycles. The van der Waals surface area contributed by atoms with Gasteiger partial charge in [0.25, 0.3) is 5.91 Å². The summed E-state index contributed by atoms with van der Waals surface area (Å²) in [6, 6.07) is 7.30. The van der Waals surface area contributed by atoms with E-state index < -0.39 is 0 Å². The molecule has 0 spiro atoms. The van der Waals surface area contributed by atoms with Crippen LogP contribution in [0.15, 0.2) is 35.0 Å². The second-order valence-electron chi connectivity index (χ2n) is 3.45. The largest absolute Gasteiger partial charge is 0.309 e. The number of amidine groups is 1. The van der Waals surface area contributed by atoms with Crippen LogP contribution in [0.25, 0.3) is 6.08 Å². The number of benzene rings is 1. The summed E-state index contributed by atoms with van der Waals surface area (Å²) >= 11 is 5.86. The van der Waals surface area contributed by atoms with Crippen LogP contribution < -0.4 is 5.32 Å². The van der Waals surface area contributed by atoms with E-state index in [0.29, 0.717) is 16.6 Å². The van der Waals surface area contributed by atoms with Crippen molar-refractivity contribution in [1.29, 1.82) is 0 Å². The van der Waals surface area contributed by atoms with Crippen molar-refractivity contribution in [3.63, 3.8) is 0 Å². The molecule has 0 aliphatic carbocycles. The van der Waals surface area contributed by atoms with Gasteiger partial charge in [-0.05, 0) is 23.8 Å². The minimum Gasteiger partial charge on any atom is -0.309 e. The number of hydrogen-bond donors (Lipinski definition) is 1. The maximum Gasteiger partial charge on any atom is 0.275 e. The lowest BCUT2D eigenvalue weighted by Crippen LogP contribution is -2.22. The fourth-order valence-corrected chi connectivity index (χ4v) is 1.64. The molecule has 0 aromatic heterocycles. The number of hydrogen-bond acceptors (Lipinski definition) is 2. The third kappa shape index (κ3) is 2.31. The summed E-state index contributed by atoms with van der Waals surface area (Å²) in [7, 11) is 0. The molecule has 1 aliphatic heterocycles. The molecule has 1 amide bonds. The zero-order valence-electron chi connectivity index (χ0n) is 8.83. The molecule has 16 heavy (non-hydrogen) atoms. The van der Waals surface area contributed by atoms with Gasteiger partial charge in [0.15, 0.2) is 0 Å². The zero-order chi connectivity index (χ0) is 11.5. The molecule has 1 aliphatic rings. The molecule has 1 N–H and O–H groups in total. The molecule has 0 bridgehead atoms. The van der Waals surface area contributed by atoms with Crippen LogP contribution in [0, 0.1) is 0 Å². The number of amides is 1. The van der Waals surface area contributed by atoms with E-state index >= 15 is 0 Å². The van der Waals surface area contributed by atoms with Gasteiger partial charge in [0, 0.05) is 11.4 Å². The average molecular weight is 235 g/mol. The van der Waals surface area contributed by atoms with Crippen molar-refractivity contribution >= 4 is 29.4 Å². The Bertz CT molecular complexity index is 492. The predicted octanol–water partition coefficient (Wildman–Crippen LogP) is 2.62. The first-order valence-electron chi connectivity index (χ1n) is 5.05. The summed E-state index contributed by atoms with van der Waals surface area (Å²) in [5, 5.41) is 3.34. The second-order valence-corrected chi connectivity index (χ2v) is 3.89. The molecule has 4 heteroatoms. The summed E-state index contributed by atoms with van der Waals surface area (Å²) in [5.41, 5.74) is 1.30. The van der Waals surface area contributed by atoms with Gasteiger partial charge in [0.2, 0.25) is 0 Å². The molecular formula is C12H11ClN2O. The van der Waals surface area contributed by atoms with Crippen molar-refractivity contribution in [2.75, 3.05) is 0 Å². The Hall–Kier alpha value is -1.61. The van der Waals surface area contributed by atoms with E-state index in [9.17, 15) is 4.79 Å². The Morgan fingerprint density at radius 2 is 2.31 bits per heavy atom. The number of nitrogens with one attached hydrogen (secondary N) is 1. The third-order valence-corrected chi connectivity index (χ3v) is 2.47. The molecule has 1 aromatic rings. The molecule has 0 saturated heterocycles. The van der Waals surface area contributed by atoms with Crippen molar-refractivity contribution < 1.29 is 4.79 Å². The maximum atomic E-state index is 11.5. The zero-order valence-corrected chi connectivity index (χ0v) is 9.58. The van der Waals surface area contributed by atoms with Crippen molar-refractivity contribution in [2.45, 2.75) is 13.3 Å². The summed E-state index contributed by atoms with van der Waals surface area (Å²) in [6.07, 6.45) is 2.45. The minimum absolute atomic E-state index is 0.156. The van der Waals surface area contributed by atoms with Crippen molar-refractivity contribution in [2.24, 2.45) is 4.99 Å². The van der Waals surface area contributed by atoms with E-state index in [-0.39, 0.29) is 5.91 Å². The summed E-state index contributed by atoms with van der Waals surface area (Å²) < 4.78 is 0. The van der Waals surface area contributed by atoms with Crippen LogP contribution >= 0.6 is 11.6 Å². The molecular weight excluding hydrogens is 224 g/mol. The van der Waals surface area contributed by atoms with E-state index in [0.717, 1.165) is 12.0 Å². The Morgan fingerprint density at radius 3 is 2.94 bits per heavy atom. The highest BCUT2D eigenvalue weighted by molar-refractivity contribution is 6.30. The van der Waals surface area contributed by atoms with E-state index in [2.05, 4.69) is 10.3 Å². The van der Waals surface area contributed by atoms with Crippen molar-refractivity contribution in [3.05, 3.63) is 40.5 Å². The van der Waals surface area contributed by atoms with Crippen LogP contribution in [0.4, 0.5) is 0 Å². The molecule has 0 radical (unpaired) electrons. The van der Waals surface area contributed by atoms with Gasteiger partial charge in [-0.1, -0.05) is 30.7 Å². The van der Waals surface area contributed by atoms with Gasteiger partial charge in [-0.25, -0.2) is 4.99 Å². The highest BCUT2D eigenvalue weighted by Gasteiger charge is 2.17. The fraction of sp³-hybridized carbons (Fsp3) is 0.167. The van der Waals surface area contributed by atoms with Gasteiger partial charge in [-0.15, -0.1) is 0 Å². The Kier molecular flexibility index (Phi) is 3.06. The lowest BCUT2D eigenvalue weighted by Gasteiger charge is -1.95. The molecule has 0 fully saturated rings. The van der Waals surface area contributed by atoms with E-state index in [1.807, 2.05) is 19.1 Å². The maximum absolute atomic E-state index is 11.5. The second kappa shape index (κ2) is 4.49. The Morgan fingerprint density at radius 1 is 1.50 bits per heavy atom. The first-order valence-corrected chi connectivity index (χ1v) is 5.43. The van der Waals surface area contributed by atoms with Gasteiger partial charge in [-0.2, -0.15) is 0 Å². The van der Waals surface area contributed by atoms with Gasteiger partial charge >= 0.3 is 0 Å². The van der Waals surface area contributed by atoms with Gasteiger partial charge in [-0.3, -0.25) is 4.79 Å². The molecule has 0 unspecified atom stereocenters. The molecule has 2 rings (SSSR count). The van der Waals surface area contributed by atoms with Crippen LogP contribution in [0.2, 0.25) is 5.02 Å². The molecule has 3 nitrogen and oxygen atoms in total. The van der Waals surface area contributed by atoms with E-state index in [1.54, 1.807) is 18.2 Å². The number of carbonyl (C=O) groups excluding carboxylic acids is 1. The average Bonchev–Trinajstić information content (AvgIpc) is 2.60. The first-order chi connectivity index (χ1) is 7.69. The van der Waals surface area contributed by atoms with Crippen LogP contribution in [-0.2, 0) is 4.79 Å². The fourth-order valence-electron chi connectivity index (χ4n) is 1.44. The number of rotatable bonds is 2. The summed E-state index contributed by atoms with van der Waals surface area (Å²) in [5.74, 6) is 0.551. The molecule has 82 valence electrons. The highest BCUT2D eigenvalue weighted by Crippen LogP contribution is 2.16.